The van der Waals surface area contributed by atoms with Crippen LogP contribution in [0.3, 0.4) is 0 Å². The second-order valence-electron chi connectivity index (χ2n) is 5.86. The quantitative estimate of drug-likeness (QED) is 0.241. The van der Waals surface area contributed by atoms with Crippen molar-refractivity contribution >= 4 is 17.1 Å². The molecule has 33 heavy (non-hydrogen) atoms. The van der Waals surface area contributed by atoms with Gasteiger partial charge in [0.1, 0.15) is 26.4 Å². The second kappa shape index (κ2) is 10.7. The maximum absolute atomic E-state index is 11.3. The molecule has 0 aliphatic carbocycles. The van der Waals surface area contributed by atoms with Crippen LogP contribution in [0.15, 0.2) is 12.1 Å². The van der Waals surface area contributed by atoms with Gasteiger partial charge in [0.05, 0.1) is 32.3 Å². The van der Waals surface area contributed by atoms with Gasteiger partial charge < -0.3 is 19.2 Å². The van der Waals surface area contributed by atoms with Gasteiger partial charge in [-0.15, -0.1) is 30.3 Å². The zero-order valence-electron chi connectivity index (χ0n) is 15.7. The summed E-state index contributed by atoms with van der Waals surface area (Å²) < 4.78 is 4.97. The monoisotopic (exact) mass is 482 g/mol. The molecule has 0 unspecified atom stereocenters. The fourth-order valence-corrected chi connectivity index (χ4v) is 2.15. The second-order valence-corrected chi connectivity index (χ2v) is 5.86. The SMILES string of the molecule is O=[N+]([O-])OCC(COc1c([N+](=O)[O-])cc([N+](=O)[O-])cc1[N+](=O)[O-])(CO[N+](=O)[O-])CO[N+](=O)[O-]. The molecule has 0 aliphatic rings. The Balaban J connectivity index is 3.50. The van der Waals surface area contributed by atoms with E-state index in [0.29, 0.717) is 12.1 Å². The molecule has 0 heterocycles. The van der Waals surface area contributed by atoms with Crippen LogP contribution in [0.2, 0.25) is 0 Å². The van der Waals surface area contributed by atoms with E-state index < -0.39 is 84.7 Å². The Labute approximate surface area is 177 Å². The topological polar surface area (TPSA) is 296 Å². The third-order valence-electron chi connectivity index (χ3n) is 3.59. The van der Waals surface area contributed by atoms with Gasteiger partial charge in [-0.2, -0.15) is 0 Å². The van der Waals surface area contributed by atoms with E-state index in [9.17, 15) is 60.7 Å². The predicted octanol–water partition coefficient (Wildman–Crippen LogP) is 0.401. The molecule has 0 fully saturated rings. The minimum absolute atomic E-state index is 0.304. The molecule has 0 saturated carbocycles. The molecule has 0 radical (unpaired) electrons. The Morgan fingerprint density at radius 2 is 0.970 bits per heavy atom. The minimum Gasteiger partial charge on any atom is -0.481 e. The first-order valence-corrected chi connectivity index (χ1v) is 7.84. The fraction of sp³-hybridized carbons (Fsp3) is 0.455. The number of nitro groups is 3. The van der Waals surface area contributed by atoms with E-state index in [4.69, 9.17) is 4.74 Å². The molecule has 180 valence electrons. The first-order valence-electron chi connectivity index (χ1n) is 7.84. The van der Waals surface area contributed by atoms with Gasteiger partial charge in [-0.05, 0) is 0 Å². The van der Waals surface area contributed by atoms with Crippen molar-refractivity contribution in [2.24, 2.45) is 5.41 Å². The van der Waals surface area contributed by atoms with Gasteiger partial charge in [0.2, 0.25) is 0 Å². The fourth-order valence-electron chi connectivity index (χ4n) is 2.15. The lowest BCUT2D eigenvalue weighted by Gasteiger charge is -2.30. The van der Waals surface area contributed by atoms with E-state index in [2.05, 4.69) is 14.5 Å². The van der Waals surface area contributed by atoms with Crippen molar-refractivity contribution in [2.45, 2.75) is 0 Å². The third-order valence-corrected chi connectivity index (χ3v) is 3.59. The summed E-state index contributed by atoms with van der Waals surface area (Å²) in [4.78, 5) is 73.5. The molecule has 0 amide bonds. The van der Waals surface area contributed by atoms with Crippen molar-refractivity contribution in [3.05, 3.63) is 72.8 Å². The van der Waals surface area contributed by atoms with Gasteiger partial charge in [-0.25, -0.2) is 0 Å². The highest BCUT2D eigenvalue weighted by atomic mass is 17.0. The van der Waals surface area contributed by atoms with Crippen LogP contribution in [-0.2, 0) is 14.5 Å². The number of nitrogens with zero attached hydrogens (tertiary/aromatic N) is 6. The van der Waals surface area contributed by atoms with Gasteiger partial charge in [-0.1, -0.05) is 0 Å². The Kier molecular flexibility index (Phi) is 8.41. The van der Waals surface area contributed by atoms with Crippen molar-refractivity contribution in [3.8, 4) is 5.75 Å². The van der Waals surface area contributed by atoms with Crippen molar-refractivity contribution in [1.29, 1.82) is 0 Å². The molecule has 0 aliphatic heterocycles. The van der Waals surface area contributed by atoms with Crippen LogP contribution in [0.25, 0.3) is 0 Å². The highest BCUT2D eigenvalue weighted by molar-refractivity contribution is 5.65. The van der Waals surface area contributed by atoms with E-state index in [0.717, 1.165) is 0 Å². The number of benzene rings is 1. The van der Waals surface area contributed by atoms with Crippen LogP contribution >= 0.6 is 0 Å². The Bertz CT molecular complexity index is 899. The highest BCUT2D eigenvalue weighted by Gasteiger charge is 2.39. The number of rotatable bonds is 15. The summed E-state index contributed by atoms with van der Waals surface area (Å²) in [5.74, 6) is -1.19. The van der Waals surface area contributed by atoms with Crippen LogP contribution in [0.5, 0.6) is 5.75 Å². The van der Waals surface area contributed by atoms with Gasteiger partial charge >= 0.3 is 11.4 Å². The average Bonchev–Trinajstić information content (AvgIpc) is 2.71. The Morgan fingerprint density at radius 3 is 1.24 bits per heavy atom. The van der Waals surface area contributed by atoms with Crippen LogP contribution in [0.1, 0.15) is 0 Å². The molecule has 1 aromatic rings. The summed E-state index contributed by atoms with van der Waals surface area (Å²) in [6.07, 6.45) is 0. The first kappa shape index (κ1) is 25.9. The lowest BCUT2D eigenvalue weighted by atomic mass is 9.92. The molecular weight excluding hydrogens is 472 g/mol. The summed E-state index contributed by atoms with van der Waals surface area (Å²) in [5.41, 5.74) is -5.93. The van der Waals surface area contributed by atoms with Crippen molar-refractivity contribution < 1.29 is 49.3 Å². The highest BCUT2D eigenvalue weighted by Crippen LogP contribution is 2.41. The molecule has 0 aromatic heterocycles. The molecule has 22 nitrogen and oxygen atoms in total. The molecule has 0 saturated heterocycles. The molecular formula is C11H10N6O16. The summed E-state index contributed by atoms with van der Waals surface area (Å²) in [5, 5.41) is 60.9. The summed E-state index contributed by atoms with van der Waals surface area (Å²) in [6, 6.07) is 0.608. The van der Waals surface area contributed by atoms with E-state index >= 15 is 0 Å². The summed E-state index contributed by atoms with van der Waals surface area (Å²) in [6.45, 7) is -4.88. The van der Waals surface area contributed by atoms with Crippen LogP contribution in [0, 0.1) is 66.1 Å². The van der Waals surface area contributed by atoms with Crippen LogP contribution < -0.4 is 4.74 Å². The van der Waals surface area contributed by atoms with Crippen LogP contribution in [0.4, 0.5) is 17.1 Å². The molecule has 0 atom stereocenters. The first-order chi connectivity index (χ1) is 15.3. The summed E-state index contributed by atoms with van der Waals surface area (Å²) in [7, 11) is 0. The van der Waals surface area contributed by atoms with E-state index in [1.807, 2.05) is 0 Å². The van der Waals surface area contributed by atoms with Gasteiger partial charge in [0.25, 0.3) is 26.7 Å². The normalized spacial score (nSPS) is 10.5. The van der Waals surface area contributed by atoms with Gasteiger partial charge in [-0.3, -0.25) is 30.3 Å². The molecule has 1 aromatic carbocycles. The van der Waals surface area contributed by atoms with Crippen molar-refractivity contribution in [3.63, 3.8) is 0 Å². The number of nitro benzene ring substituents is 3. The number of ether oxygens (including phenoxy) is 1. The zero-order valence-corrected chi connectivity index (χ0v) is 15.7. The Morgan fingerprint density at radius 1 is 0.606 bits per heavy atom. The lowest BCUT2D eigenvalue weighted by Crippen LogP contribution is -2.44. The third kappa shape index (κ3) is 7.54. The molecule has 22 heteroatoms. The number of hydrogen-bond donors (Lipinski definition) is 0. The minimum atomic E-state index is -2.29. The Hall–Kier alpha value is -5.18. The number of hydrogen-bond acceptors (Lipinski definition) is 16. The maximum atomic E-state index is 11.3. The van der Waals surface area contributed by atoms with Crippen LogP contribution in [-0.4, -0.2) is 56.5 Å². The van der Waals surface area contributed by atoms with Gasteiger partial charge in [0, 0.05) is 0 Å². The van der Waals surface area contributed by atoms with Gasteiger partial charge in [0.15, 0.2) is 0 Å². The molecule has 0 bridgehead atoms. The smallest absolute Gasteiger partial charge is 0.325 e. The predicted molar refractivity (Wildman–Crippen MR) is 93.2 cm³/mol. The zero-order chi connectivity index (χ0) is 25.3. The van der Waals surface area contributed by atoms with E-state index in [1.165, 1.54) is 0 Å². The molecule has 1 rings (SSSR count). The largest absolute Gasteiger partial charge is 0.481 e. The number of non-ortho nitro benzene ring substituents is 1. The lowest BCUT2D eigenvalue weighted by molar-refractivity contribution is -0.782. The maximum Gasteiger partial charge on any atom is 0.325 e. The molecule has 0 spiro atoms. The standard InChI is InChI=1S/C11H10N6O16/c18-12(19)7-1-8(13(20)21)10(9(2-7)14(22)23)30-3-11(4-31-15(24)25,5-32-16(26)27)6-33-17(28)29/h1-2H,3-6H2. The summed E-state index contributed by atoms with van der Waals surface area (Å²) >= 11 is 0. The molecule has 0 N–H and O–H groups in total. The average molecular weight is 482 g/mol. The van der Waals surface area contributed by atoms with E-state index in [1.54, 1.807) is 0 Å². The van der Waals surface area contributed by atoms with Crippen molar-refractivity contribution in [1.82, 2.24) is 0 Å². The van der Waals surface area contributed by atoms with E-state index in [-0.39, 0.29) is 0 Å². The van der Waals surface area contributed by atoms with Crippen molar-refractivity contribution in [2.75, 3.05) is 26.4 Å².